The van der Waals surface area contributed by atoms with Gasteiger partial charge in [-0.1, -0.05) is 18.2 Å². The molecular formula is C15H19N3O2. The van der Waals surface area contributed by atoms with Crippen LogP contribution < -0.4 is 0 Å². The molecule has 1 aromatic carbocycles. The molecule has 1 aliphatic rings. The number of fused-ring (bicyclic) bond motifs is 1. The minimum Gasteiger partial charge on any atom is -0.369 e. The van der Waals surface area contributed by atoms with Gasteiger partial charge in [-0.25, -0.2) is 0 Å². The molecule has 2 aromatic rings. The molecule has 0 radical (unpaired) electrons. The minimum atomic E-state index is -0.320. The van der Waals surface area contributed by atoms with E-state index in [1.165, 1.54) is 0 Å². The van der Waals surface area contributed by atoms with Crippen molar-refractivity contribution in [3.05, 3.63) is 30.0 Å². The van der Waals surface area contributed by atoms with Crippen molar-refractivity contribution in [1.82, 2.24) is 15.1 Å². The lowest BCUT2D eigenvalue weighted by Gasteiger charge is -2.41. The number of rotatable bonds is 1. The number of para-hydroxylation sites is 1. The summed E-state index contributed by atoms with van der Waals surface area (Å²) in [6, 6.07) is 7.68. The molecule has 1 fully saturated rings. The fourth-order valence-electron chi connectivity index (χ4n) is 2.88. The van der Waals surface area contributed by atoms with Crippen molar-refractivity contribution in [2.24, 2.45) is 0 Å². The van der Waals surface area contributed by atoms with Gasteiger partial charge in [0.1, 0.15) is 0 Å². The van der Waals surface area contributed by atoms with Crippen LogP contribution in [0, 0.1) is 0 Å². The van der Waals surface area contributed by atoms with Crippen LogP contribution >= 0.6 is 0 Å². The Morgan fingerprint density at radius 3 is 2.95 bits per heavy atom. The van der Waals surface area contributed by atoms with Gasteiger partial charge in [0.15, 0.2) is 5.69 Å². The van der Waals surface area contributed by atoms with Gasteiger partial charge >= 0.3 is 0 Å². The number of nitrogens with zero attached hydrogens (tertiary/aromatic N) is 2. The van der Waals surface area contributed by atoms with Crippen LogP contribution in [0.4, 0.5) is 0 Å². The predicted octanol–water partition coefficient (Wildman–Crippen LogP) is 2.20. The van der Waals surface area contributed by atoms with Crippen LogP contribution in [0.15, 0.2) is 24.3 Å². The van der Waals surface area contributed by atoms with Crippen LogP contribution in [0.3, 0.4) is 0 Å². The summed E-state index contributed by atoms with van der Waals surface area (Å²) >= 11 is 0. The number of aromatic nitrogens is 2. The lowest BCUT2D eigenvalue weighted by atomic mass is 10.0. The monoisotopic (exact) mass is 273 g/mol. The van der Waals surface area contributed by atoms with Gasteiger partial charge in [-0.3, -0.25) is 9.89 Å². The lowest BCUT2D eigenvalue weighted by Crippen LogP contribution is -2.53. The number of hydrogen-bond donors (Lipinski definition) is 1. The third kappa shape index (κ3) is 2.29. The maximum Gasteiger partial charge on any atom is 0.275 e. The van der Waals surface area contributed by atoms with Crippen molar-refractivity contribution in [3.8, 4) is 0 Å². The number of carbonyl (C=O) groups is 1. The zero-order chi connectivity index (χ0) is 14.3. The molecule has 2 heterocycles. The second-order valence-electron chi connectivity index (χ2n) is 5.99. The van der Waals surface area contributed by atoms with Crippen LogP contribution in [0.2, 0.25) is 0 Å². The zero-order valence-electron chi connectivity index (χ0n) is 12.0. The summed E-state index contributed by atoms with van der Waals surface area (Å²) in [7, 11) is 0. The van der Waals surface area contributed by atoms with E-state index >= 15 is 0 Å². The fourth-order valence-corrected chi connectivity index (χ4v) is 2.88. The second-order valence-corrected chi connectivity index (χ2v) is 5.99. The number of ether oxygens (including phenoxy) is 1. The molecule has 0 aliphatic carbocycles. The van der Waals surface area contributed by atoms with Crippen LogP contribution in [-0.2, 0) is 4.74 Å². The minimum absolute atomic E-state index is 0.0351. The van der Waals surface area contributed by atoms with Crippen molar-refractivity contribution in [1.29, 1.82) is 0 Å². The van der Waals surface area contributed by atoms with Gasteiger partial charge in [0.2, 0.25) is 0 Å². The maximum absolute atomic E-state index is 12.7. The van der Waals surface area contributed by atoms with E-state index in [0.29, 0.717) is 18.8 Å². The van der Waals surface area contributed by atoms with Crippen molar-refractivity contribution in [2.45, 2.75) is 32.5 Å². The number of benzene rings is 1. The number of nitrogens with one attached hydrogen (secondary N) is 1. The fraction of sp³-hybridized carbons (Fsp3) is 0.467. The van der Waals surface area contributed by atoms with E-state index in [0.717, 1.165) is 10.9 Å². The standard InChI is InChI=1S/C15H19N3O2/c1-10-8-18(9-15(2,3)20-10)14(19)13-11-6-4-5-7-12(11)16-17-13/h4-7,10H,8-9H2,1-3H3,(H,16,17). The molecule has 1 N–H and O–H groups in total. The Bertz CT molecular complexity index is 647. The van der Waals surface area contributed by atoms with Gasteiger partial charge in [0.25, 0.3) is 5.91 Å². The molecule has 106 valence electrons. The Morgan fingerprint density at radius 1 is 1.45 bits per heavy atom. The molecule has 1 atom stereocenters. The first-order chi connectivity index (χ1) is 9.46. The van der Waals surface area contributed by atoms with Gasteiger partial charge < -0.3 is 9.64 Å². The smallest absolute Gasteiger partial charge is 0.275 e. The van der Waals surface area contributed by atoms with Crippen LogP contribution in [0.25, 0.3) is 10.9 Å². The average molecular weight is 273 g/mol. The number of morpholine rings is 1. The molecule has 20 heavy (non-hydrogen) atoms. The summed E-state index contributed by atoms with van der Waals surface area (Å²) in [5.74, 6) is -0.0364. The molecule has 0 spiro atoms. The number of amides is 1. The molecule has 3 rings (SSSR count). The highest BCUT2D eigenvalue weighted by molar-refractivity contribution is 6.04. The van der Waals surface area contributed by atoms with Crippen molar-refractivity contribution in [3.63, 3.8) is 0 Å². The SMILES string of the molecule is CC1CN(C(=O)c2n[nH]c3ccccc23)CC(C)(C)O1. The van der Waals surface area contributed by atoms with E-state index in [1.54, 1.807) is 0 Å². The second kappa shape index (κ2) is 4.59. The topological polar surface area (TPSA) is 58.2 Å². The first kappa shape index (κ1) is 13.1. The van der Waals surface area contributed by atoms with Crippen LogP contribution in [0.1, 0.15) is 31.3 Å². The first-order valence-electron chi connectivity index (χ1n) is 6.86. The Morgan fingerprint density at radius 2 is 2.20 bits per heavy atom. The molecule has 1 amide bonds. The Labute approximate surface area is 117 Å². The Balaban J connectivity index is 1.92. The Kier molecular flexibility index (Phi) is 3.01. The number of hydrogen-bond acceptors (Lipinski definition) is 3. The molecule has 1 unspecified atom stereocenters. The highest BCUT2D eigenvalue weighted by Crippen LogP contribution is 2.24. The van der Waals surface area contributed by atoms with Crippen LogP contribution in [0.5, 0.6) is 0 Å². The van der Waals surface area contributed by atoms with Crippen molar-refractivity contribution < 1.29 is 9.53 Å². The summed E-state index contributed by atoms with van der Waals surface area (Å²) in [5.41, 5.74) is 1.06. The lowest BCUT2D eigenvalue weighted by molar-refractivity contribution is -0.118. The maximum atomic E-state index is 12.7. The van der Waals surface area contributed by atoms with E-state index in [1.807, 2.05) is 49.9 Å². The van der Waals surface area contributed by atoms with Gasteiger partial charge in [-0.05, 0) is 26.8 Å². The van der Waals surface area contributed by atoms with Crippen molar-refractivity contribution in [2.75, 3.05) is 13.1 Å². The average Bonchev–Trinajstić information content (AvgIpc) is 2.79. The third-order valence-electron chi connectivity index (χ3n) is 3.53. The van der Waals surface area contributed by atoms with E-state index in [-0.39, 0.29) is 17.6 Å². The largest absolute Gasteiger partial charge is 0.369 e. The van der Waals surface area contributed by atoms with Gasteiger partial charge in [0, 0.05) is 18.5 Å². The van der Waals surface area contributed by atoms with Gasteiger partial charge in [0.05, 0.1) is 17.2 Å². The quantitative estimate of drug-likeness (QED) is 0.866. The van der Waals surface area contributed by atoms with Crippen LogP contribution in [-0.4, -0.2) is 45.8 Å². The molecule has 0 saturated carbocycles. The third-order valence-corrected chi connectivity index (χ3v) is 3.53. The summed E-state index contributed by atoms with van der Waals surface area (Å²) in [6.07, 6.45) is 0.0351. The summed E-state index contributed by atoms with van der Waals surface area (Å²) in [6.45, 7) is 7.18. The summed E-state index contributed by atoms with van der Waals surface area (Å²) in [5, 5.41) is 7.97. The van der Waals surface area contributed by atoms with Gasteiger partial charge in [-0.15, -0.1) is 0 Å². The molecular weight excluding hydrogens is 254 g/mol. The molecule has 5 nitrogen and oxygen atoms in total. The highest BCUT2D eigenvalue weighted by atomic mass is 16.5. The Hall–Kier alpha value is -1.88. The highest BCUT2D eigenvalue weighted by Gasteiger charge is 2.35. The summed E-state index contributed by atoms with van der Waals surface area (Å²) < 4.78 is 5.84. The molecule has 1 saturated heterocycles. The summed E-state index contributed by atoms with van der Waals surface area (Å²) in [4.78, 5) is 14.5. The van der Waals surface area contributed by atoms with Crippen molar-refractivity contribution >= 4 is 16.8 Å². The number of aromatic amines is 1. The van der Waals surface area contributed by atoms with E-state index in [4.69, 9.17) is 4.74 Å². The van der Waals surface area contributed by atoms with E-state index in [9.17, 15) is 4.79 Å². The molecule has 1 aliphatic heterocycles. The normalized spacial score (nSPS) is 22.1. The predicted molar refractivity (Wildman–Crippen MR) is 76.6 cm³/mol. The van der Waals surface area contributed by atoms with E-state index < -0.39 is 0 Å². The zero-order valence-corrected chi connectivity index (χ0v) is 12.0. The first-order valence-corrected chi connectivity index (χ1v) is 6.86. The van der Waals surface area contributed by atoms with Gasteiger partial charge in [-0.2, -0.15) is 5.10 Å². The molecule has 0 bridgehead atoms. The van der Waals surface area contributed by atoms with E-state index in [2.05, 4.69) is 10.2 Å². The molecule has 1 aromatic heterocycles. The number of carbonyl (C=O) groups excluding carboxylic acids is 1. The molecule has 5 heteroatoms. The number of H-pyrrole nitrogens is 1.